The minimum atomic E-state index is -2.29. The Bertz CT molecular complexity index is 1610. The number of fused-ring (bicyclic) bond motifs is 3. The Labute approximate surface area is 253 Å². The summed E-state index contributed by atoms with van der Waals surface area (Å²) >= 11 is 0. The van der Waals surface area contributed by atoms with Crippen LogP contribution in [0.25, 0.3) is 0 Å². The maximum absolute atomic E-state index is 14.4. The fraction of sp³-hybridized carbons (Fsp3) is 0.306. The topological polar surface area (TPSA) is 29.5 Å². The highest BCUT2D eigenvalue weighted by Gasteiger charge is 2.49. The second-order valence-corrected chi connectivity index (χ2v) is 12.1. The molecule has 3 atom stereocenters. The molecular formula is C36H32F5NO2. The van der Waals surface area contributed by atoms with E-state index in [0.717, 1.165) is 17.7 Å². The second kappa shape index (κ2) is 12.1. The number of rotatable bonds is 7. The molecule has 1 saturated carbocycles. The Balaban J connectivity index is 1.32. The number of aryl methyl sites for hydroxylation is 1. The lowest BCUT2D eigenvalue weighted by Gasteiger charge is -2.49. The standard InChI is InChI=1S/C36H32F5NO2/c1-36-18-8-13-26(35(43)44-34-32(40)30(38)29(37)31(39)33(34)41)27(36)17-15-24-14-16-25(19-28(24)36)42(20-22-9-4-2-5-10-22)21-23-11-6-3-7-12-23/h2-7,9-12,14,16,19,26-27H,8,13,15,17-18,20-21H2,1H3. The van der Waals surface area contributed by atoms with Crippen LogP contribution >= 0.6 is 0 Å². The summed E-state index contributed by atoms with van der Waals surface area (Å²) in [5.74, 6) is -14.4. The highest BCUT2D eigenvalue weighted by molar-refractivity contribution is 5.76. The van der Waals surface area contributed by atoms with Crippen molar-refractivity contribution < 1.29 is 31.5 Å². The molecule has 6 rings (SSSR count). The van der Waals surface area contributed by atoms with E-state index in [1.54, 1.807) is 0 Å². The van der Waals surface area contributed by atoms with Crippen molar-refractivity contribution in [1.82, 2.24) is 0 Å². The monoisotopic (exact) mass is 605 g/mol. The minimum Gasteiger partial charge on any atom is -0.420 e. The first-order chi connectivity index (χ1) is 21.2. The van der Waals surface area contributed by atoms with Gasteiger partial charge in [0.2, 0.25) is 34.8 Å². The van der Waals surface area contributed by atoms with Crippen molar-refractivity contribution in [2.24, 2.45) is 11.8 Å². The maximum atomic E-state index is 14.4. The predicted octanol–water partition coefficient (Wildman–Crippen LogP) is 8.81. The van der Waals surface area contributed by atoms with Crippen LogP contribution in [0.1, 0.15) is 54.9 Å². The van der Waals surface area contributed by atoms with E-state index < -0.39 is 52.1 Å². The van der Waals surface area contributed by atoms with Crippen LogP contribution in [0.15, 0.2) is 78.9 Å². The van der Waals surface area contributed by atoms with Gasteiger partial charge in [0.1, 0.15) is 0 Å². The number of anilines is 1. The van der Waals surface area contributed by atoms with Gasteiger partial charge in [-0.25, -0.2) is 13.2 Å². The molecule has 4 aromatic rings. The Morgan fingerprint density at radius 1 is 0.795 bits per heavy atom. The lowest BCUT2D eigenvalue weighted by Crippen LogP contribution is -2.47. The maximum Gasteiger partial charge on any atom is 0.314 e. The summed E-state index contributed by atoms with van der Waals surface area (Å²) in [6.45, 7) is 3.48. The number of halogens is 5. The van der Waals surface area contributed by atoms with E-state index in [2.05, 4.69) is 54.3 Å². The van der Waals surface area contributed by atoms with Gasteiger partial charge in [0.15, 0.2) is 0 Å². The van der Waals surface area contributed by atoms with Crippen LogP contribution in [0, 0.1) is 40.9 Å². The molecule has 0 amide bonds. The third-order valence-corrected chi connectivity index (χ3v) is 9.42. The minimum absolute atomic E-state index is 0.232. The first kappa shape index (κ1) is 29.9. The summed E-state index contributed by atoms with van der Waals surface area (Å²) in [6, 6.07) is 26.9. The summed E-state index contributed by atoms with van der Waals surface area (Å²) in [6.07, 6.45) is 3.16. The molecule has 0 radical (unpaired) electrons. The van der Waals surface area contributed by atoms with E-state index in [1.807, 2.05) is 36.4 Å². The van der Waals surface area contributed by atoms with Crippen molar-refractivity contribution >= 4 is 11.7 Å². The molecule has 3 nitrogen and oxygen atoms in total. The van der Waals surface area contributed by atoms with Crippen molar-refractivity contribution in [2.45, 2.75) is 57.5 Å². The number of esters is 1. The van der Waals surface area contributed by atoms with Gasteiger partial charge in [0, 0.05) is 18.8 Å². The van der Waals surface area contributed by atoms with Crippen molar-refractivity contribution in [3.05, 3.63) is 130 Å². The van der Waals surface area contributed by atoms with Crippen LogP contribution in [0.4, 0.5) is 27.6 Å². The third kappa shape index (κ3) is 5.46. The molecule has 8 heteroatoms. The average Bonchev–Trinajstić information content (AvgIpc) is 3.04. The largest absolute Gasteiger partial charge is 0.420 e. The van der Waals surface area contributed by atoms with Gasteiger partial charge >= 0.3 is 5.97 Å². The number of carbonyl (C=O) groups is 1. The first-order valence-corrected chi connectivity index (χ1v) is 14.9. The van der Waals surface area contributed by atoms with Crippen molar-refractivity contribution in [3.63, 3.8) is 0 Å². The molecule has 0 saturated heterocycles. The van der Waals surface area contributed by atoms with E-state index in [4.69, 9.17) is 4.74 Å². The fourth-order valence-electron chi connectivity index (χ4n) is 7.17. The zero-order valence-corrected chi connectivity index (χ0v) is 24.3. The molecule has 4 aromatic carbocycles. The Morgan fingerprint density at radius 2 is 1.36 bits per heavy atom. The van der Waals surface area contributed by atoms with E-state index in [9.17, 15) is 26.7 Å². The van der Waals surface area contributed by atoms with Gasteiger partial charge in [-0.2, -0.15) is 8.78 Å². The fourth-order valence-corrected chi connectivity index (χ4v) is 7.17. The molecule has 2 aliphatic rings. The van der Waals surface area contributed by atoms with Crippen LogP contribution in [0.3, 0.4) is 0 Å². The van der Waals surface area contributed by atoms with Gasteiger partial charge in [0.05, 0.1) is 5.92 Å². The van der Waals surface area contributed by atoms with E-state index in [1.165, 1.54) is 16.7 Å². The number of ether oxygens (including phenoxy) is 1. The molecule has 0 aromatic heterocycles. The van der Waals surface area contributed by atoms with Gasteiger partial charge in [0.25, 0.3) is 0 Å². The molecule has 44 heavy (non-hydrogen) atoms. The zero-order chi connectivity index (χ0) is 31.0. The molecule has 1 fully saturated rings. The van der Waals surface area contributed by atoms with E-state index in [-0.39, 0.29) is 5.92 Å². The molecule has 3 unspecified atom stereocenters. The highest BCUT2D eigenvalue weighted by Crippen LogP contribution is 2.53. The lowest BCUT2D eigenvalue weighted by atomic mass is 9.55. The van der Waals surface area contributed by atoms with Crippen molar-refractivity contribution in [3.8, 4) is 5.75 Å². The van der Waals surface area contributed by atoms with E-state index >= 15 is 0 Å². The summed E-state index contributed by atoms with van der Waals surface area (Å²) in [7, 11) is 0. The lowest BCUT2D eigenvalue weighted by molar-refractivity contribution is -0.144. The van der Waals surface area contributed by atoms with Gasteiger partial charge in [-0.1, -0.05) is 80.1 Å². The van der Waals surface area contributed by atoms with Crippen LogP contribution in [-0.4, -0.2) is 5.97 Å². The molecule has 0 spiro atoms. The van der Waals surface area contributed by atoms with Crippen LogP contribution < -0.4 is 9.64 Å². The molecule has 2 aliphatic carbocycles. The summed E-state index contributed by atoms with van der Waals surface area (Å²) in [5.41, 5.74) is 5.21. The van der Waals surface area contributed by atoms with Crippen LogP contribution in [0.2, 0.25) is 0 Å². The molecule has 0 N–H and O–H groups in total. The third-order valence-electron chi connectivity index (χ3n) is 9.42. The average molecular weight is 606 g/mol. The summed E-state index contributed by atoms with van der Waals surface area (Å²) < 4.78 is 74.9. The quantitative estimate of drug-likeness (QED) is 0.0693. The van der Waals surface area contributed by atoms with Crippen LogP contribution in [0.5, 0.6) is 5.75 Å². The van der Waals surface area contributed by atoms with Gasteiger partial charge in [-0.3, -0.25) is 4.79 Å². The predicted molar refractivity (Wildman–Crippen MR) is 158 cm³/mol. The summed E-state index contributed by atoms with van der Waals surface area (Å²) in [4.78, 5) is 15.7. The van der Waals surface area contributed by atoms with Crippen molar-refractivity contribution in [1.29, 1.82) is 0 Å². The SMILES string of the molecule is CC12CCCC(C(=O)Oc3c(F)c(F)c(F)c(F)c3F)C1CCc1ccc(N(Cc3ccccc3)Cc3ccccc3)cc12. The normalized spacial score (nSPS) is 20.9. The smallest absolute Gasteiger partial charge is 0.314 e. The molecule has 0 aliphatic heterocycles. The second-order valence-electron chi connectivity index (χ2n) is 12.1. The van der Waals surface area contributed by atoms with Gasteiger partial charge in [-0.15, -0.1) is 0 Å². The Hall–Kier alpha value is -4.20. The van der Waals surface area contributed by atoms with Crippen LogP contribution in [-0.2, 0) is 29.7 Å². The molecule has 0 heterocycles. The summed E-state index contributed by atoms with van der Waals surface area (Å²) in [5, 5.41) is 0. The Morgan fingerprint density at radius 3 is 1.95 bits per heavy atom. The number of hydrogen-bond donors (Lipinski definition) is 0. The number of carbonyl (C=O) groups excluding carboxylic acids is 1. The van der Waals surface area contributed by atoms with E-state index in [0.29, 0.717) is 38.8 Å². The molecule has 0 bridgehead atoms. The molecular weight excluding hydrogens is 573 g/mol. The number of benzene rings is 4. The van der Waals surface area contributed by atoms with Crippen molar-refractivity contribution in [2.75, 3.05) is 4.90 Å². The van der Waals surface area contributed by atoms with Gasteiger partial charge in [-0.05, 0) is 71.4 Å². The highest BCUT2D eigenvalue weighted by atomic mass is 19.2. The number of hydrogen-bond acceptors (Lipinski definition) is 3. The zero-order valence-electron chi connectivity index (χ0n) is 24.3. The number of nitrogens with zero attached hydrogens (tertiary/aromatic N) is 1. The Kier molecular flexibility index (Phi) is 8.18. The first-order valence-electron chi connectivity index (χ1n) is 14.9. The molecule has 228 valence electrons. The van der Waals surface area contributed by atoms with Gasteiger partial charge < -0.3 is 9.64 Å².